The number of rotatable bonds is 6. The van der Waals surface area contributed by atoms with Crippen LogP contribution in [0.25, 0.3) is 0 Å². The third kappa shape index (κ3) is 6.29. The van der Waals surface area contributed by atoms with Crippen molar-refractivity contribution in [2.45, 2.75) is 72.8 Å². The molecule has 146 valence electrons. The van der Waals surface area contributed by atoms with E-state index in [1.165, 1.54) is 12.8 Å². The van der Waals surface area contributed by atoms with Crippen molar-refractivity contribution in [1.29, 1.82) is 0 Å². The molecule has 3 nitrogen and oxygen atoms in total. The van der Waals surface area contributed by atoms with Gasteiger partial charge in [-0.3, -0.25) is 4.79 Å². The van der Waals surface area contributed by atoms with Gasteiger partial charge in [0.05, 0.1) is 12.2 Å². The van der Waals surface area contributed by atoms with Crippen molar-refractivity contribution in [3.63, 3.8) is 0 Å². The third-order valence-corrected chi connectivity index (χ3v) is 5.92. The van der Waals surface area contributed by atoms with E-state index < -0.39 is 0 Å². The summed E-state index contributed by atoms with van der Waals surface area (Å²) in [6.07, 6.45) is 5.47. The van der Waals surface area contributed by atoms with E-state index in [-0.39, 0.29) is 11.9 Å². The summed E-state index contributed by atoms with van der Waals surface area (Å²) < 4.78 is 6.79. The lowest BCUT2D eigenvalue weighted by atomic mass is 9.71. The maximum Gasteiger partial charge on any atom is 0.255 e. The summed E-state index contributed by atoms with van der Waals surface area (Å²) in [4.78, 5) is 12.8. The lowest BCUT2D eigenvalue weighted by Gasteiger charge is -2.37. The lowest BCUT2D eigenvalue weighted by Crippen LogP contribution is -2.39. The van der Waals surface area contributed by atoms with Crippen LogP contribution in [-0.2, 0) is 0 Å². The maximum absolute atomic E-state index is 12.8. The highest BCUT2D eigenvalue weighted by molar-refractivity contribution is 9.10. The molecule has 1 amide bonds. The molecule has 0 aromatic heterocycles. The predicted molar refractivity (Wildman–Crippen MR) is 112 cm³/mol. The Balaban J connectivity index is 1.97. The van der Waals surface area contributed by atoms with Gasteiger partial charge < -0.3 is 10.1 Å². The number of ether oxygens (including phenoxy) is 1. The van der Waals surface area contributed by atoms with Gasteiger partial charge in [0.2, 0.25) is 0 Å². The van der Waals surface area contributed by atoms with E-state index in [1.54, 1.807) is 0 Å². The average molecular weight is 424 g/mol. The molecule has 1 aliphatic carbocycles. The molecule has 1 N–H and O–H groups in total. The SMILES string of the molecule is CC(C)CCOc1ccc(Br)cc1C(=O)NC1CCC(C(C)(C)C)CC1. The van der Waals surface area contributed by atoms with Gasteiger partial charge >= 0.3 is 0 Å². The molecule has 2 rings (SSSR count). The first-order chi connectivity index (χ1) is 12.2. The number of benzene rings is 1. The first-order valence-corrected chi connectivity index (χ1v) is 10.7. The summed E-state index contributed by atoms with van der Waals surface area (Å²) in [6, 6.07) is 5.94. The molecule has 4 heteroatoms. The van der Waals surface area contributed by atoms with E-state index in [1.807, 2.05) is 18.2 Å². The second-order valence-corrected chi connectivity index (χ2v) is 9.98. The molecule has 26 heavy (non-hydrogen) atoms. The monoisotopic (exact) mass is 423 g/mol. The fraction of sp³-hybridized carbons (Fsp3) is 0.682. The Morgan fingerprint density at radius 2 is 1.88 bits per heavy atom. The Morgan fingerprint density at radius 1 is 1.23 bits per heavy atom. The summed E-state index contributed by atoms with van der Waals surface area (Å²) in [5.74, 6) is 1.98. The second kappa shape index (κ2) is 9.25. The topological polar surface area (TPSA) is 38.3 Å². The number of amides is 1. The highest BCUT2D eigenvalue weighted by Crippen LogP contribution is 2.38. The molecule has 1 aromatic rings. The van der Waals surface area contributed by atoms with Crippen LogP contribution in [0.3, 0.4) is 0 Å². The van der Waals surface area contributed by atoms with Crippen LogP contribution in [0.1, 0.15) is 77.1 Å². The standard InChI is InChI=1S/C22H34BrNO2/c1-15(2)12-13-26-20-11-8-17(23)14-19(20)21(25)24-18-9-6-16(7-10-18)22(3,4)5/h8,11,14-16,18H,6-7,9-10,12-13H2,1-5H3,(H,24,25). The lowest BCUT2D eigenvalue weighted by molar-refractivity contribution is 0.0900. The van der Waals surface area contributed by atoms with Gasteiger partial charge in [0.15, 0.2) is 0 Å². The molecule has 0 unspecified atom stereocenters. The maximum atomic E-state index is 12.8. The van der Waals surface area contributed by atoms with E-state index in [0.717, 1.165) is 29.7 Å². The number of carbonyl (C=O) groups is 1. The van der Waals surface area contributed by atoms with E-state index >= 15 is 0 Å². The van der Waals surface area contributed by atoms with Gasteiger partial charge in [-0.2, -0.15) is 0 Å². The zero-order valence-electron chi connectivity index (χ0n) is 16.9. The van der Waals surface area contributed by atoms with Crippen LogP contribution in [0.4, 0.5) is 0 Å². The van der Waals surface area contributed by atoms with Gasteiger partial charge in [-0.1, -0.05) is 50.5 Å². The molecule has 1 aromatic carbocycles. The first kappa shape index (κ1) is 21.3. The Hall–Kier alpha value is -1.03. The van der Waals surface area contributed by atoms with Crippen LogP contribution in [0.15, 0.2) is 22.7 Å². The van der Waals surface area contributed by atoms with Crippen LogP contribution in [0, 0.1) is 17.3 Å². The molecule has 0 heterocycles. The zero-order valence-corrected chi connectivity index (χ0v) is 18.5. The van der Waals surface area contributed by atoms with Gasteiger partial charge in [0.1, 0.15) is 5.75 Å². The van der Waals surface area contributed by atoms with Gasteiger partial charge in [-0.15, -0.1) is 0 Å². The molecular weight excluding hydrogens is 390 g/mol. The second-order valence-electron chi connectivity index (χ2n) is 9.06. The van der Waals surface area contributed by atoms with Crippen LogP contribution < -0.4 is 10.1 Å². The molecule has 0 atom stereocenters. The summed E-state index contributed by atoms with van der Waals surface area (Å²) in [5, 5.41) is 3.23. The summed E-state index contributed by atoms with van der Waals surface area (Å²) >= 11 is 3.48. The Bertz CT molecular complexity index is 599. The molecule has 0 bridgehead atoms. The largest absolute Gasteiger partial charge is 0.493 e. The Labute approximate surface area is 167 Å². The fourth-order valence-corrected chi connectivity index (χ4v) is 3.94. The van der Waals surface area contributed by atoms with Crippen molar-refractivity contribution in [3.8, 4) is 5.75 Å². The molecule has 0 saturated heterocycles. The van der Waals surface area contributed by atoms with Crippen LogP contribution in [-0.4, -0.2) is 18.6 Å². The molecule has 0 spiro atoms. The number of nitrogens with one attached hydrogen (secondary N) is 1. The van der Waals surface area contributed by atoms with E-state index in [9.17, 15) is 4.79 Å². The van der Waals surface area contributed by atoms with Gasteiger partial charge in [-0.05, 0) is 67.6 Å². The highest BCUT2D eigenvalue weighted by atomic mass is 79.9. The zero-order chi connectivity index (χ0) is 19.3. The quantitative estimate of drug-likeness (QED) is 0.590. The fourth-order valence-electron chi connectivity index (χ4n) is 3.58. The molecule has 1 aliphatic rings. The molecular formula is C22H34BrNO2. The van der Waals surface area contributed by atoms with E-state index in [0.29, 0.717) is 29.3 Å². The molecule has 0 radical (unpaired) electrons. The van der Waals surface area contributed by atoms with Crippen LogP contribution >= 0.6 is 15.9 Å². The van der Waals surface area contributed by atoms with Crippen molar-refractivity contribution in [1.82, 2.24) is 5.32 Å². The minimum absolute atomic E-state index is 0.0231. The van der Waals surface area contributed by atoms with Crippen molar-refractivity contribution < 1.29 is 9.53 Å². The average Bonchev–Trinajstić information content (AvgIpc) is 2.55. The van der Waals surface area contributed by atoms with Crippen molar-refractivity contribution in [2.24, 2.45) is 17.3 Å². The van der Waals surface area contributed by atoms with Gasteiger partial charge in [0, 0.05) is 10.5 Å². The number of hydrogen-bond donors (Lipinski definition) is 1. The summed E-state index contributed by atoms with van der Waals surface area (Å²) in [6.45, 7) is 11.9. The van der Waals surface area contributed by atoms with Crippen LogP contribution in [0.2, 0.25) is 0 Å². The summed E-state index contributed by atoms with van der Waals surface area (Å²) in [7, 11) is 0. The Kier molecular flexibility index (Phi) is 7.57. The molecule has 1 fully saturated rings. The van der Waals surface area contributed by atoms with E-state index in [2.05, 4.69) is 55.9 Å². The van der Waals surface area contributed by atoms with Crippen molar-refractivity contribution in [3.05, 3.63) is 28.2 Å². The van der Waals surface area contributed by atoms with Gasteiger partial charge in [0.25, 0.3) is 5.91 Å². The van der Waals surface area contributed by atoms with Crippen molar-refractivity contribution in [2.75, 3.05) is 6.61 Å². The van der Waals surface area contributed by atoms with E-state index in [4.69, 9.17) is 4.74 Å². The Morgan fingerprint density at radius 3 is 2.46 bits per heavy atom. The minimum atomic E-state index is -0.0231. The number of carbonyl (C=O) groups excluding carboxylic acids is 1. The molecule has 1 saturated carbocycles. The third-order valence-electron chi connectivity index (χ3n) is 5.43. The molecule has 0 aliphatic heterocycles. The smallest absolute Gasteiger partial charge is 0.255 e. The summed E-state index contributed by atoms with van der Waals surface area (Å²) in [5.41, 5.74) is 0.984. The normalized spacial score (nSPS) is 20.9. The number of hydrogen-bond acceptors (Lipinski definition) is 2. The number of halogens is 1. The van der Waals surface area contributed by atoms with Gasteiger partial charge in [-0.25, -0.2) is 0 Å². The van der Waals surface area contributed by atoms with Crippen molar-refractivity contribution >= 4 is 21.8 Å². The minimum Gasteiger partial charge on any atom is -0.493 e. The predicted octanol–water partition coefficient (Wildman–Crippen LogP) is 6.21. The highest BCUT2D eigenvalue weighted by Gasteiger charge is 2.30. The first-order valence-electron chi connectivity index (χ1n) is 9.90. The van der Waals surface area contributed by atoms with Crippen LogP contribution in [0.5, 0.6) is 5.75 Å².